The van der Waals surface area contributed by atoms with E-state index < -0.39 is 11.7 Å². The zero-order valence-corrected chi connectivity index (χ0v) is 21.6. The molecule has 3 heterocycles. The SMILES string of the molecule is Cc1ccccc1CCNc1nc(CN2CCCCCC2)nc2cc(-c3ncccc3C(F)(F)F)ccc12. The first-order chi connectivity index (χ1) is 18.4. The van der Waals surface area contributed by atoms with E-state index in [1.807, 2.05) is 12.1 Å². The van der Waals surface area contributed by atoms with Gasteiger partial charge < -0.3 is 5.32 Å². The molecule has 2 aromatic carbocycles. The van der Waals surface area contributed by atoms with Gasteiger partial charge in [-0.2, -0.15) is 13.2 Å². The minimum Gasteiger partial charge on any atom is -0.369 e. The van der Waals surface area contributed by atoms with E-state index in [1.54, 1.807) is 18.2 Å². The fourth-order valence-electron chi connectivity index (χ4n) is 5.10. The number of benzene rings is 2. The predicted molar refractivity (Wildman–Crippen MR) is 145 cm³/mol. The maximum absolute atomic E-state index is 13.7. The summed E-state index contributed by atoms with van der Waals surface area (Å²) in [5.74, 6) is 1.38. The Balaban J connectivity index is 1.50. The summed E-state index contributed by atoms with van der Waals surface area (Å²) < 4.78 is 41.1. The zero-order valence-electron chi connectivity index (χ0n) is 21.6. The number of pyridine rings is 1. The molecule has 0 aliphatic carbocycles. The number of hydrogen-bond donors (Lipinski definition) is 1. The standard InChI is InChI=1S/C30H32F3N5/c1-21-9-4-5-10-22(21)14-16-35-29-24-13-12-23(28-25(30(31,32)33)11-8-15-34-28)19-26(24)36-27(37-29)20-38-17-6-2-3-7-18-38/h4-5,8-13,15,19H,2-3,6-7,14,16-18,20H2,1H3,(H,35,36,37). The molecule has 0 atom stereocenters. The van der Waals surface area contributed by atoms with Gasteiger partial charge in [-0.3, -0.25) is 9.88 Å². The summed E-state index contributed by atoms with van der Waals surface area (Å²) in [6.07, 6.45) is 2.49. The van der Waals surface area contributed by atoms with Crippen LogP contribution in [0.1, 0.15) is 48.2 Å². The van der Waals surface area contributed by atoms with Crippen LogP contribution in [0.25, 0.3) is 22.2 Å². The third-order valence-electron chi connectivity index (χ3n) is 7.14. The Bertz CT molecular complexity index is 1390. The Morgan fingerprint density at radius 2 is 1.71 bits per heavy atom. The van der Waals surface area contributed by atoms with Crippen LogP contribution < -0.4 is 5.32 Å². The number of aryl methyl sites for hydroxylation is 1. The molecule has 1 saturated heterocycles. The second-order valence-corrected chi connectivity index (χ2v) is 9.91. The number of halogens is 3. The number of rotatable bonds is 7. The van der Waals surface area contributed by atoms with Crippen LogP contribution in [0, 0.1) is 6.92 Å². The first kappa shape index (κ1) is 26.1. The molecule has 0 spiro atoms. The lowest BCUT2D eigenvalue weighted by molar-refractivity contribution is -0.137. The Hall–Kier alpha value is -3.52. The Morgan fingerprint density at radius 3 is 2.47 bits per heavy atom. The van der Waals surface area contributed by atoms with Crippen LogP contribution in [-0.2, 0) is 19.1 Å². The second-order valence-electron chi connectivity index (χ2n) is 9.91. The quantitative estimate of drug-likeness (QED) is 0.284. The van der Waals surface area contributed by atoms with Crippen LogP contribution in [-0.4, -0.2) is 39.5 Å². The molecule has 1 aliphatic heterocycles. The largest absolute Gasteiger partial charge is 0.418 e. The van der Waals surface area contributed by atoms with E-state index in [1.165, 1.54) is 36.2 Å². The molecule has 0 amide bonds. The van der Waals surface area contributed by atoms with Gasteiger partial charge in [-0.1, -0.05) is 43.2 Å². The maximum Gasteiger partial charge on any atom is 0.418 e. The smallest absolute Gasteiger partial charge is 0.369 e. The summed E-state index contributed by atoms with van der Waals surface area (Å²) in [5.41, 5.74) is 2.65. The number of nitrogens with one attached hydrogen (secondary N) is 1. The fourth-order valence-corrected chi connectivity index (χ4v) is 5.10. The van der Waals surface area contributed by atoms with Crippen LogP contribution in [0.5, 0.6) is 0 Å². The number of aromatic nitrogens is 3. The fraction of sp³-hybridized carbons (Fsp3) is 0.367. The van der Waals surface area contributed by atoms with Gasteiger partial charge in [0.15, 0.2) is 0 Å². The molecule has 0 radical (unpaired) electrons. The first-order valence-corrected chi connectivity index (χ1v) is 13.2. The van der Waals surface area contributed by atoms with Crippen LogP contribution in [0.2, 0.25) is 0 Å². The van der Waals surface area contributed by atoms with E-state index in [4.69, 9.17) is 9.97 Å². The highest BCUT2D eigenvalue weighted by molar-refractivity contribution is 5.92. The van der Waals surface area contributed by atoms with E-state index in [0.29, 0.717) is 35.8 Å². The summed E-state index contributed by atoms with van der Waals surface area (Å²) in [4.78, 5) is 16.1. The zero-order chi connectivity index (χ0) is 26.5. The molecule has 1 N–H and O–H groups in total. The Kier molecular flexibility index (Phi) is 7.88. The highest BCUT2D eigenvalue weighted by atomic mass is 19.4. The Labute approximate surface area is 221 Å². The third-order valence-corrected chi connectivity index (χ3v) is 7.14. The van der Waals surface area contributed by atoms with Crippen molar-refractivity contribution in [3.8, 4) is 11.3 Å². The van der Waals surface area contributed by atoms with Gasteiger partial charge in [0.25, 0.3) is 0 Å². The number of anilines is 1. The lowest BCUT2D eigenvalue weighted by Gasteiger charge is -2.20. The molecule has 0 unspecified atom stereocenters. The topological polar surface area (TPSA) is 53.9 Å². The Morgan fingerprint density at radius 1 is 0.921 bits per heavy atom. The van der Waals surface area contributed by atoms with Gasteiger partial charge >= 0.3 is 6.18 Å². The molecule has 0 saturated carbocycles. The van der Waals surface area contributed by atoms with Crippen molar-refractivity contribution in [2.75, 3.05) is 25.0 Å². The van der Waals surface area contributed by atoms with Gasteiger partial charge in [0.05, 0.1) is 23.3 Å². The van der Waals surface area contributed by atoms with Gasteiger partial charge in [-0.05, 0) is 74.7 Å². The monoisotopic (exact) mass is 519 g/mol. The third kappa shape index (κ3) is 6.13. The minimum atomic E-state index is -4.50. The normalized spacial score (nSPS) is 14.9. The van der Waals surface area contributed by atoms with Crippen molar-refractivity contribution >= 4 is 16.7 Å². The van der Waals surface area contributed by atoms with Crippen molar-refractivity contribution in [1.29, 1.82) is 0 Å². The molecule has 1 fully saturated rings. The van der Waals surface area contributed by atoms with Crippen LogP contribution in [0.3, 0.4) is 0 Å². The van der Waals surface area contributed by atoms with Crippen molar-refractivity contribution < 1.29 is 13.2 Å². The van der Waals surface area contributed by atoms with E-state index in [-0.39, 0.29) is 5.69 Å². The minimum absolute atomic E-state index is 0.0938. The van der Waals surface area contributed by atoms with Gasteiger partial charge in [0.2, 0.25) is 0 Å². The van der Waals surface area contributed by atoms with Crippen molar-refractivity contribution in [3.05, 3.63) is 83.3 Å². The number of nitrogens with zero attached hydrogens (tertiary/aromatic N) is 4. The second kappa shape index (κ2) is 11.5. The van der Waals surface area contributed by atoms with Crippen LogP contribution in [0.15, 0.2) is 60.8 Å². The van der Waals surface area contributed by atoms with Gasteiger partial charge in [-0.15, -0.1) is 0 Å². The summed E-state index contributed by atoms with van der Waals surface area (Å²) in [5, 5.41) is 4.26. The van der Waals surface area contributed by atoms with Gasteiger partial charge in [0.1, 0.15) is 11.6 Å². The molecule has 5 rings (SSSR count). The average Bonchev–Trinajstić information content (AvgIpc) is 3.17. The molecule has 1 aliphatic rings. The number of alkyl halides is 3. The van der Waals surface area contributed by atoms with E-state index in [2.05, 4.69) is 34.3 Å². The van der Waals surface area contributed by atoms with E-state index in [9.17, 15) is 13.2 Å². The molecular formula is C30H32F3N5. The van der Waals surface area contributed by atoms with E-state index in [0.717, 1.165) is 43.8 Å². The molecule has 5 nitrogen and oxygen atoms in total. The van der Waals surface area contributed by atoms with Crippen LogP contribution >= 0.6 is 0 Å². The molecule has 38 heavy (non-hydrogen) atoms. The maximum atomic E-state index is 13.7. The molecule has 4 aromatic rings. The average molecular weight is 520 g/mol. The van der Waals surface area contributed by atoms with Crippen molar-refractivity contribution in [2.45, 2.75) is 51.7 Å². The van der Waals surface area contributed by atoms with Crippen molar-refractivity contribution in [1.82, 2.24) is 19.9 Å². The molecule has 8 heteroatoms. The summed E-state index contributed by atoms with van der Waals surface area (Å²) in [6.45, 7) is 5.40. The summed E-state index contributed by atoms with van der Waals surface area (Å²) in [6, 6.07) is 15.8. The molecule has 2 aromatic heterocycles. The molecule has 0 bridgehead atoms. The lowest BCUT2D eigenvalue weighted by Crippen LogP contribution is -2.25. The molecule has 198 valence electrons. The highest BCUT2D eigenvalue weighted by Gasteiger charge is 2.34. The van der Waals surface area contributed by atoms with Gasteiger partial charge in [0, 0.05) is 23.7 Å². The first-order valence-electron chi connectivity index (χ1n) is 13.2. The van der Waals surface area contributed by atoms with Crippen LogP contribution in [0.4, 0.5) is 19.0 Å². The van der Waals surface area contributed by atoms with Crippen molar-refractivity contribution in [2.24, 2.45) is 0 Å². The highest BCUT2D eigenvalue weighted by Crippen LogP contribution is 2.36. The lowest BCUT2D eigenvalue weighted by atomic mass is 10.0. The summed E-state index contributed by atoms with van der Waals surface area (Å²) >= 11 is 0. The number of hydrogen-bond acceptors (Lipinski definition) is 5. The molecular weight excluding hydrogens is 487 g/mol. The predicted octanol–water partition coefficient (Wildman–Crippen LogP) is 7.05. The summed E-state index contributed by atoms with van der Waals surface area (Å²) in [7, 11) is 0. The van der Waals surface area contributed by atoms with Crippen molar-refractivity contribution in [3.63, 3.8) is 0 Å². The van der Waals surface area contributed by atoms with Gasteiger partial charge in [-0.25, -0.2) is 9.97 Å². The van der Waals surface area contributed by atoms with E-state index >= 15 is 0 Å². The number of likely N-dealkylation sites (tertiary alicyclic amines) is 1. The number of fused-ring (bicyclic) bond motifs is 1.